The van der Waals surface area contributed by atoms with Gasteiger partial charge >= 0.3 is 0 Å². The molecule has 0 bridgehead atoms. The Bertz CT molecular complexity index is 640. The number of carbonyl (C=O) groups excluding carboxylic acids is 2. The molecule has 1 heterocycles. The predicted octanol–water partition coefficient (Wildman–Crippen LogP) is 2.22. The van der Waals surface area contributed by atoms with E-state index in [1.807, 2.05) is 31.2 Å². The number of nitrogens with one attached hydrogen (secondary N) is 3. The molecule has 1 atom stereocenters. The first-order valence-corrected chi connectivity index (χ1v) is 8.46. The molecule has 2 fully saturated rings. The lowest BCUT2D eigenvalue weighted by Gasteiger charge is -2.35. The van der Waals surface area contributed by atoms with Gasteiger partial charge in [0.15, 0.2) is 5.11 Å². The molecule has 2 aliphatic rings. The highest BCUT2D eigenvalue weighted by atomic mass is 32.1. The van der Waals surface area contributed by atoms with Gasteiger partial charge in [-0.25, -0.2) is 0 Å². The molecule has 5 nitrogen and oxygen atoms in total. The quantitative estimate of drug-likeness (QED) is 0.583. The van der Waals surface area contributed by atoms with Crippen molar-refractivity contribution in [3.05, 3.63) is 29.8 Å². The van der Waals surface area contributed by atoms with E-state index < -0.39 is 5.41 Å². The number of carbonyl (C=O) groups is 2. The minimum absolute atomic E-state index is 0.186. The van der Waals surface area contributed by atoms with Crippen molar-refractivity contribution in [3.63, 3.8) is 0 Å². The van der Waals surface area contributed by atoms with Crippen molar-refractivity contribution in [3.8, 4) is 0 Å². The average Bonchev–Trinajstić information content (AvgIpc) is 3.33. The standard InChI is InChI=1S/C17H21N3O2S/c1-2-17(10-9-14(21)20-15(17)22)11-3-5-12(6-4-11)18-16(23)19-13-7-8-13/h3-6,13H,2,7-10H2,1H3,(H2,18,19,23)(H,20,21,22)/t17-/m0/s1. The lowest BCUT2D eigenvalue weighted by Crippen LogP contribution is -2.51. The van der Waals surface area contributed by atoms with Crippen molar-refractivity contribution < 1.29 is 9.59 Å². The van der Waals surface area contributed by atoms with Crippen LogP contribution in [0.5, 0.6) is 0 Å². The number of anilines is 1. The maximum Gasteiger partial charge on any atom is 0.237 e. The number of rotatable bonds is 4. The van der Waals surface area contributed by atoms with E-state index in [4.69, 9.17) is 12.2 Å². The van der Waals surface area contributed by atoms with Crippen molar-refractivity contribution in [1.82, 2.24) is 10.6 Å². The van der Waals surface area contributed by atoms with E-state index in [2.05, 4.69) is 16.0 Å². The van der Waals surface area contributed by atoms with Crippen LogP contribution in [0.4, 0.5) is 5.69 Å². The number of piperidine rings is 1. The van der Waals surface area contributed by atoms with Gasteiger partial charge < -0.3 is 10.6 Å². The summed E-state index contributed by atoms with van der Waals surface area (Å²) in [7, 11) is 0. The summed E-state index contributed by atoms with van der Waals surface area (Å²) in [5, 5.41) is 9.49. The molecule has 2 amide bonds. The van der Waals surface area contributed by atoms with Gasteiger partial charge in [0.05, 0.1) is 5.41 Å². The monoisotopic (exact) mass is 331 g/mol. The summed E-state index contributed by atoms with van der Waals surface area (Å²) in [6, 6.07) is 8.26. The van der Waals surface area contributed by atoms with E-state index in [9.17, 15) is 9.59 Å². The molecule has 1 saturated carbocycles. The van der Waals surface area contributed by atoms with E-state index in [1.54, 1.807) is 0 Å². The second-order valence-corrected chi connectivity index (χ2v) is 6.67. The molecular formula is C17H21N3O2S. The van der Waals surface area contributed by atoms with Gasteiger partial charge in [0.1, 0.15) is 0 Å². The van der Waals surface area contributed by atoms with Crippen LogP contribution < -0.4 is 16.0 Å². The molecule has 6 heteroatoms. The fourth-order valence-electron chi connectivity index (χ4n) is 3.02. The van der Waals surface area contributed by atoms with E-state index in [0.29, 0.717) is 30.4 Å². The van der Waals surface area contributed by atoms with Crippen molar-refractivity contribution >= 4 is 34.8 Å². The van der Waals surface area contributed by atoms with Crippen molar-refractivity contribution in [2.45, 2.75) is 50.5 Å². The van der Waals surface area contributed by atoms with E-state index >= 15 is 0 Å². The number of benzene rings is 1. The van der Waals surface area contributed by atoms with Crippen LogP contribution in [0.2, 0.25) is 0 Å². The highest BCUT2D eigenvalue weighted by molar-refractivity contribution is 7.80. The zero-order chi connectivity index (χ0) is 16.4. The Hall–Kier alpha value is -1.95. The van der Waals surface area contributed by atoms with Gasteiger partial charge in [-0.05, 0) is 55.6 Å². The van der Waals surface area contributed by atoms with Gasteiger partial charge in [-0.3, -0.25) is 14.9 Å². The highest BCUT2D eigenvalue weighted by Crippen LogP contribution is 2.36. The first-order valence-electron chi connectivity index (χ1n) is 8.06. The molecule has 122 valence electrons. The second-order valence-electron chi connectivity index (χ2n) is 6.26. The summed E-state index contributed by atoms with van der Waals surface area (Å²) in [6.07, 6.45) is 3.96. The zero-order valence-electron chi connectivity index (χ0n) is 13.1. The zero-order valence-corrected chi connectivity index (χ0v) is 14.0. The molecule has 1 saturated heterocycles. The molecule has 1 aliphatic heterocycles. The second kappa shape index (κ2) is 6.28. The van der Waals surface area contributed by atoms with Crippen LogP contribution in [0.3, 0.4) is 0 Å². The third-order valence-electron chi connectivity index (χ3n) is 4.68. The summed E-state index contributed by atoms with van der Waals surface area (Å²) in [5.41, 5.74) is 1.22. The summed E-state index contributed by atoms with van der Waals surface area (Å²) in [5.74, 6) is -0.378. The van der Waals surface area contributed by atoms with Crippen LogP contribution in [-0.2, 0) is 15.0 Å². The Kier molecular flexibility index (Phi) is 4.35. The van der Waals surface area contributed by atoms with Crippen LogP contribution in [0.15, 0.2) is 24.3 Å². The van der Waals surface area contributed by atoms with Crippen molar-refractivity contribution in [2.75, 3.05) is 5.32 Å². The summed E-state index contributed by atoms with van der Waals surface area (Å²) in [6.45, 7) is 1.98. The molecular weight excluding hydrogens is 310 g/mol. The van der Waals surface area contributed by atoms with Gasteiger partial charge in [0.2, 0.25) is 11.8 Å². The first kappa shape index (κ1) is 15.9. The fourth-order valence-corrected chi connectivity index (χ4v) is 3.30. The molecule has 3 rings (SSSR count). The average molecular weight is 331 g/mol. The lowest BCUT2D eigenvalue weighted by molar-refractivity contribution is -0.138. The predicted molar refractivity (Wildman–Crippen MR) is 93.2 cm³/mol. The Morgan fingerprint density at radius 3 is 2.57 bits per heavy atom. The molecule has 1 aromatic rings. The van der Waals surface area contributed by atoms with Crippen molar-refractivity contribution in [1.29, 1.82) is 0 Å². The van der Waals surface area contributed by atoms with Gasteiger partial charge in [-0.15, -0.1) is 0 Å². The molecule has 23 heavy (non-hydrogen) atoms. The van der Waals surface area contributed by atoms with Gasteiger partial charge in [0.25, 0.3) is 0 Å². The van der Waals surface area contributed by atoms with Gasteiger partial charge in [-0.1, -0.05) is 19.1 Å². The van der Waals surface area contributed by atoms with Gasteiger partial charge in [-0.2, -0.15) is 0 Å². The number of imide groups is 1. The molecule has 1 aliphatic carbocycles. The van der Waals surface area contributed by atoms with Crippen LogP contribution >= 0.6 is 12.2 Å². The molecule has 1 aromatic carbocycles. The van der Waals surface area contributed by atoms with Crippen LogP contribution in [-0.4, -0.2) is 23.0 Å². The number of hydrogen-bond acceptors (Lipinski definition) is 3. The Morgan fingerprint density at radius 1 is 1.30 bits per heavy atom. The first-order chi connectivity index (χ1) is 11.0. The van der Waals surface area contributed by atoms with E-state index in [1.165, 1.54) is 12.8 Å². The summed E-state index contributed by atoms with van der Waals surface area (Å²) >= 11 is 5.26. The molecule has 0 radical (unpaired) electrons. The topological polar surface area (TPSA) is 70.2 Å². The Labute approximate surface area is 141 Å². The van der Waals surface area contributed by atoms with Crippen LogP contribution in [0.1, 0.15) is 44.6 Å². The minimum Gasteiger partial charge on any atom is -0.360 e. The summed E-state index contributed by atoms with van der Waals surface area (Å²) in [4.78, 5) is 23.8. The number of amides is 2. The van der Waals surface area contributed by atoms with Gasteiger partial charge in [0, 0.05) is 18.2 Å². The highest BCUT2D eigenvalue weighted by Gasteiger charge is 2.42. The maximum absolute atomic E-state index is 12.4. The maximum atomic E-state index is 12.4. The van der Waals surface area contributed by atoms with E-state index in [0.717, 1.165) is 11.3 Å². The molecule has 0 spiro atoms. The third-order valence-corrected chi connectivity index (χ3v) is 4.90. The molecule has 3 N–H and O–H groups in total. The normalized spacial score (nSPS) is 24.0. The number of hydrogen-bond donors (Lipinski definition) is 3. The third kappa shape index (κ3) is 3.37. The fraction of sp³-hybridized carbons (Fsp3) is 0.471. The van der Waals surface area contributed by atoms with Crippen molar-refractivity contribution in [2.24, 2.45) is 0 Å². The van der Waals surface area contributed by atoms with E-state index in [-0.39, 0.29) is 11.8 Å². The Balaban J connectivity index is 1.73. The Morgan fingerprint density at radius 2 is 2.00 bits per heavy atom. The smallest absolute Gasteiger partial charge is 0.237 e. The lowest BCUT2D eigenvalue weighted by atomic mass is 9.72. The largest absolute Gasteiger partial charge is 0.360 e. The van der Waals surface area contributed by atoms with Crippen LogP contribution in [0.25, 0.3) is 0 Å². The van der Waals surface area contributed by atoms with Crippen LogP contribution in [0, 0.1) is 0 Å². The SMILES string of the molecule is CC[C@@]1(c2ccc(NC(=S)NC3CC3)cc2)CCC(=O)NC1=O. The summed E-state index contributed by atoms with van der Waals surface area (Å²) < 4.78 is 0. The molecule has 0 aromatic heterocycles. The molecule has 0 unspecified atom stereocenters. The number of thiocarbonyl (C=S) groups is 1. The minimum atomic E-state index is -0.612.